The zero-order valence-electron chi connectivity index (χ0n) is 14.0. The van der Waals surface area contributed by atoms with Gasteiger partial charge in [0.05, 0.1) is 5.75 Å². The van der Waals surface area contributed by atoms with Crippen molar-refractivity contribution < 1.29 is 18.7 Å². The molecule has 0 amide bonds. The molecule has 0 saturated heterocycles. The highest BCUT2D eigenvalue weighted by Crippen LogP contribution is 2.31. The molecular weight excluding hydrogens is 356 g/mol. The molecule has 8 nitrogen and oxygen atoms in total. The first-order valence-corrected chi connectivity index (χ1v) is 9.04. The van der Waals surface area contributed by atoms with Crippen molar-refractivity contribution in [2.75, 3.05) is 19.0 Å². The molecule has 2 aromatic heterocycles. The van der Waals surface area contributed by atoms with E-state index in [9.17, 15) is 4.79 Å². The fraction of sp³-hybridized carbons (Fsp3) is 0.294. The highest BCUT2D eigenvalue weighted by Gasteiger charge is 2.16. The Hall–Kier alpha value is -2.81. The monoisotopic (exact) mass is 372 g/mol. The minimum atomic E-state index is -0.0466. The summed E-state index contributed by atoms with van der Waals surface area (Å²) >= 11 is 1.21. The second kappa shape index (κ2) is 7.20. The van der Waals surface area contributed by atoms with Gasteiger partial charge in [0.2, 0.25) is 5.89 Å². The predicted octanol–water partition coefficient (Wildman–Crippen LogP) is 2.37. The molecule has 0 saturated carbocycles. The summed E-state index contributed by atoms with van der Waals surface area (Å²) < 4.78 is 18.3. The molecule has 9 heteroatoms. The molecule has 1 aliphatic rings. The smallest absolute Gasteiger partial charge is 0.277 e. The summed E-state index contributed by atoms with van der Waals surface area (Å²) in [4.78, 5) is 12.4. The van der Waals surface area contributed by atoms with Crippen molar-refractivity contribution in [3.8, 4) is 11.5 Å². The Labute approximate surface area is 153 Å². The normalized spacial score (nSPS) is 13.0. The summed E-state index contributed by atoms with van der Waals surface area (Å²) in [7, 11) is 0. The Morgan fingerprint density at radius 3 is 2.85 bits per heavy atom. The minimum absolute atomic E-state index is 0.0466. The van der Waals surface area contributed by atoms with Crippen LogP contribution in [0.5, 0.6) is 11.5 Å². The quantitative estimate of drug-likeness (QED) is 0.481. The van der Waals surface area contributed by atoms with Crippen molar-refractivity contribution in [3.63, 3.8) is 0 Å². The van der Waals surface area contributed by atoms with Gasteiger partial charge in [-0.05, 0) is 31.2 Å². The van der Waals surface area contributed by atoms with Crippen LogP contribution < -0.4 is 9.47 Å². The first-order chi connectivity index (χ1) is 12.7. The van der Waals surface area contributed by atoms with E-state index in [1.807, 2.05) is 13.0 Å². The van der Waals surface area contributed by atoms with Gasteiger partial charge in [-0.2, -0.15) is 5.10 Å². The Morgan fingerprint density at radius 1 is 1.19 bits per heavy atom. The molecule has 0 spiro atoms. The lowest BCUT2D eigenvalue weighted by molar-refractivity contribution is 0.102. The molecule has 1 aliphatic heterocycles. The number of rotatable bonds is 6. The number of ether oxygens (including phenoxy) is 2. The number of aryl methyl sites for hydroxylation is 1. The molecular formula is C17H16N4O4S. The lowest BCUT2D eigenvalue weighted by Gasteiger charge is -2.18. The predicted molar refractivity (Wildman–Crippen MR) is 92.9 cm³/mol. The molecule has 26 heavy (non-hydrogen) atoms. The van der Waals surface area contributed by atoms with Crippen LogP contribution in [0.15, 0.2) is 40.1 Å². The zero-order valence-corrected chi connectivity index (χ0v) is 14.9. The maximum Gasteiger partial charge on any atom is 0.277 e. The van der Waals surface area contributed by atoms with Crippen molar-refractivity contribution in [3.05, 3.63) is 47.6 Å². The SMILES string of the molecule is Cc1ccnn1Cc1nnc(SCC(=O)c2ccc3c(c2)OCCO3)o1. The van der Waals surface area contributed by atoms with Crippen LogP contribution in [0.1, 0.15) is 21.9 Å². The first-order valence-electron chi connectivity index (χ1n) is 8.05. The molecule has 0 N–H and O–H groups in total. The van der Waals surface area contributed by atoms with Gasteiger partial charge in [0.1, 0.15) is 19.8 Å². The molecule has 4 rings (SSSR count). The van der Waals surface area contributed by atoms with Crippen LogP contribution in [0.2, 0.25) is 0 Å². The van der Waals surface area contributed by atoms with Crippen molar-refractivity contribution in [2.45, 2.75) is 18.7 Å². The second-order valence-corrected chi connectivity index (χ2v) is 6.59. The van der Waals surface area contributed by atoms with Crippen molar-refractivity contribution in [2.24, 2.45) is 0 Å². The Balaban J connectivity index is 1.37. The van der Waals surface area contributed by atoms with Gasteiger partial charge >= 0.3 is 0 Å². The van der Waals surface area contributed by atoms with Crippen LogP contribution in [0.3, 0.4) is 0 Å². The van der Waals surface area contributed by atoms with Crippen molar-refractivity contribution >= 4 is 17.5 Å². The average molecular weight is 372 g/mol. The number of aromatic nitrogens is 4. The van der Waals surface area contributed by atoms with Crippen LogP contribution in [-0.4, -0.2) is 44.7 Å². The summed E-state index contributed by atoms with van der Waals surface area (Å²) in [5, 5.41) is 12.5. The summed E-state index contributed by atoms with van der Waals surface area (Å²) in [6.07, 6.45) is 1.72. The van der Waals surface area contributed by atoms with Crippen LogP contribution in [-0.2, 0) is 6.54 Å². The van der Waals surface area contributed by atoms with Crippen LogP contribution in [0.25, 0.3) is 0 Å². The topological polar surface area (TPSA) is 92.3 Å². The number of carbonyl (C=O) groups is 1. The number of benzene rings is 1. The Bertz CT molecular complexity index is 936. The molecule has 134 valence electrons. The third-order valence-corrected chi connectivity index (χ3v) is 4.67. The maximum absolute atomic E-state index is 12.4. The second-order valence-electron chi connectivity index (χ2n) is 5.66. The van der Waals surface area contributed by atoms with E-state index < -0.39 is 0 Å². The van der Waals surface area contributed by atoms with E-state index in [0.717, 1.165) is 5.69 Å². The van der Waals surface area contributed by atoms with Crippen LogP contribution in [0, 0.1) is 6.92 Å². The number of thioether (sulfide) groups is 1. The molecule has 3 aromatic rings. The van der Waals surface area contributed by atoms with Gasteiger partial charge in [-0.25, -0.2) is 0 Å². The number of hydrogen-bond acceptors (Lipinski definition) is 8. The number of carbonyl (C=O) groups excluding carboxylic acids is 1. The Kier molecular flexibility index (Phi) is 4.61. The van der Waals surface area contributed by atoms with Gasteiger partial charge in [0, 0.05) is 17.5 Å². The zero-order chi connectivity index (χ0) is 17.9. The third-order valence-electron chi connectivity index (χ3n) is 3.85. The number of fused-ring (bicyclic) bond motifs is 1. The van der Waals surface area contributed by atoms with Gasteiger partial charge in [0.15, 0.2) is 17.3 Å². The van der Waals surface area contributed by atoms with E-state index >= 15 is 0 Å². The van der Waals surface area contributed by atoms with Gasteiger partial charge in [-0.3, -0.25) is 9.48 Å². The summed E-state index contributed by atoms with van der Waals surface area (Å²) in [5.74, 6) is 1.86. The van der Waals surface area contributed by atoms with E-state index in [0.29, 0.717) is 47.9 Å². The molecule has 1 aromatic carbocycles. The lowest BCUT2D eigenvalue weighted by atomic mass is 10.1. The average Bonchev–Trinajstić information content (AvgIpc) is 3.29. The molecule has 3 heterocycles. The van der Waals surface area contributed by atoms with E-state index in [1.165, 1.54) is 11.8 Å². The molecule has 0 aliphatic carbocycles. The van der Waals surface area contributed by atoms with Gasteiger partial charge in [-0.1, -0.05) is 11.8 Å². The third kappa shape index (κ3) is 3.57. The highest BCUT2D eigenvalue weighted by atomic mass is 32.2. The molecule has 0 radical (unpaired) electrons. The van der Waals surface area contributed by atoms with Crippen LogP contribution >= 0.6 is 11.8 Å². The van der Waals surface area contributed by atoms with E-state index in [2.05, 4.69) is 15.3 Å². The Morgan fingerprint density at radius 2 is 2.04 bits per heavy atom. The van der Waals surface area contributed by atoms with Gasteiger partial charge in [-0.15, -0.1) is 10.2 Å². The summed E-state index contributed by atoms with van der Waals surface area (Å²) in [5.41, 5.74) is 1.57. The largest absolute Gasteiger partial charge is 0.486 e. The highest BCUT2D eigenvalue weighted by molar-refractivity contribution is 7.99. The number of Topliss-reactive ketones (excluding diaryl/α,β-unsaturated/α-hetero) is 1. The van der Waals surface area contributed by atoms with Crippen molar-refractivity contribution in [1.82, 2.24) is 20.0 Å². The number of ketones is 1. The fourth-order valence-electron chi connectivity index (χ4n) is 2.48. The molecule has 0 fully saturated rings. The molecule has 0 bridgehead atoms. The maximum atomic E-state index is 12.4. The number of hydrogen-bond donors (Lipinski definition) is 0. The molecule has 0 atom stereocenters. The lowest BCUT2D eigenvalue weighted by Crippen LogP contribution is -2.16. The first kappa shape index (κ1) is 16.6. The summed E-state index contributed by atoms with van der Waals surface area (Å²) in [6, 6.07) is 7.09. The number of nitrogens with zero attached hydrogens (tertiary/aromatic N) is 4. The molecule has 0 unspecified atom stereocenters. The summed E-state index contributed by atoms with van der Waals surface area (Å²) in [6.45, 7) is 3.36. The van der Waals surface area contributed by atoms with Gasteiger partial charge in [0.25, 0.3) is 5.22 Å². The van der Waals surface area contributed by atoms with Crippen molar-refractivity contribution in [1.29, 1.82) is 0 Å². The van der Waals surface area contributed by atoms with E-state index in [4.69, 9.17) is 13.9 Å². The van der Waals surface area contributed by atoms with E-state index in [1.54, 1.807) is 29.1 Å². The van der Waals surface area contributed by atoms with Gasteiger partial charge < -0.3 is 13.9 Å². The fourth-order valence-corrected chi connectivity index (χ4v) is 3.16. The standard InChI is InChI=1S/C17H16N4O4S/c1-11-4-5-18-21(11)9-16-19-20-17(25-16)26-10-13(22)12-2-3-14-15(8-12)24-7-6-23-14/h2-5,8H,6-7,9-10H2,1H3. The van der Waals surface area contributed by atoms with Crippen LogP contribution in [0.4, 0.5) is 0 Å². The minimum Gasteiger partial charge on any atom is -0.486 e. The van der Waals surface area contributed by atoms with E-state index in [-0.39, 0.29) is 11.5 Å².